The van der Waals surface area contributed by atoms with Gasteiger partial charge in [0.1, 0.15) is 6.33 Å². The van der Waals surface area contributed by atoms with Crippen LogP contribution in [0.25, 0.3) is 5.65 Å². The molecule has 1 aromatic carbocycles. The van der Waals surface area contributed by atoms with Gasteiger partial charge in [0, 0.05) is 38.6 Å². The average Bonchev–Trinajstić information content (AvgIpc) is 3.10. The molecule has 0 spiro atoms. The molecule has 1 atom stereocenters. The van der Waals surface area contributed by atoms with Crippen molar-refractivity contribution in [3.8, 4) is 0 Å². The van der Waals surface area contributed by atoms with Gasteiger partial charge in [-0.2, -0.15) is 0 Å². The number of aromatic nitrogens is 4. The molecule has 1 aliphatic rings. The van der Waals surface area contributed by atoms with Gasteiger partial charge in [-0.3, -0.25) is 9.30 Å². The Hall–Kier alpha value is -2.51. The summed E-state index contributed by atoms with van der Waals surface area (Å²) < 4.78 is 7.73. The van der Waals surface area contributed by atoms with Crippen molar-refractivity contribution in [3.63, 3.8) is 0 Å². The fourth-order valence-corrected chi connectivity index (χ4v) is 2.98. The Morgan fingerprint density at radius 2 is 2.17 bits per heavy atom. The third-order valence-corrected chi connectivity index (χ3v) is 4.18. The Kier molecular flexibility index (Phi) is 4.35. The zero-order valence-electron chi connectivity index (χ0n) is 13.4. The number of morpholine rings is 1. The Labute approximate surface area is 140 Å². The van der Waals surface area contributed by atoms with Crippen LogP contribution in [0.3, 0.4) is 0 Å². The number of hydrogen-bond acceptors (Lipinski definition) is 6. The maximum atomic E-state index is 5.89. The highest BCUT2D eigenvalue weighted by molar-refractivity contribution is 5.61. The largest absolute Gasteiger partial charge is 0.374 e. The molecule has 24 heavy (non-hydrogen) atoms. The molecule has 0 amide bonds. The van der Waals surface area contributed by atoms with Crippen LogP contribution < -0.4 is 5.32 Å². The number of nitrogens with one attached hydrogen (secondary N) is 1. The topological polar surface area (TPSA) is 67.6 Å². The first-order valence-electron chi connectivity index (χ1n) is 8.14. The minimum atomic E-state index is 0.132. The molecule has 1 unspecified atom stereocenters. The van der Waals surface area contributed by atoms with Crippen molar-refractivity contribution < 1.29 is 4.74 Å². The highest BCUT2D eigenvalue weighted by Crippen LogP contribution is 2.13. The van der Waals surface area contributed by atoms with Crippen LogP contribution in [0, 0.1) is 0 Å². The lowest BCUT2D eigenvalue weighted by atomic mass is 10.2. The lowest BCUT2D eigenvalue weighted by molar-refractivity contribution is -0.0240. The van der Waals surface area contributed by atoms with Crippen LogP contribution >= 0.6 is 0 Å². The van der Waals surface area contributed by atoms with Crippen molar-refractivity contribution in [1.29, 1.82) is 0 Å². The standard InChI is InChI=1S/C17H20N6O/c1-2-4-14(5-3-1)11-22-8-9-24-15(12-22)10-19-16-17-21-20-13-23(17)7-6-18-16/h1-7,13,15H,8-12H2,(H,18,19). The van der Waals surface area contributed by atoms with Crippen molar-refractivity contribution in [2.24, 2.45) is 0 Å². The summed E-state index contributed by atoms with van der Waals surface area (Å²) in [6.45, 7) is 4.27. The van der Waals surface area contributed by atoms with Crippen LogP contribution in [-0.4, -0.2) is 56.8 Å². The summed E-state index contributed by atoms with van der Waals surface area (Å²) in [4.78, 5) is 6.77. The molecule has 1 N–H and O–H groups in total. The Morgan fingerprint density at radius 3 is 3.08 bits per heavy atom. The number of benzene rings is 1. The van der Waals surface area contributed by atoms with E-state index in [9.17, 15) is 0 Å². The summed E-state index contributed by atoms with van der Waals surface area (Å²) in [5.74, 6) is 0.735. The van der Waals surface area contributed by atoms with Crippen LogP contribution in [0.4, 0.5) is 5.82 Å². The van der Waals surface area contributed by atoms with E-state index < -0.39 is 0 Å². The van der Waals surface area contributed by atoms with Gasteiger partial charge in [-0.05, 0) is 5.56 Å². The fraction of sp³-hybridized carbons (Fsp3) is 0.353. The highest BCUT2D eigenvalue weighted by atomic mass is 16.5. The predicted molar refractivity (Wildman–Crippen MR) is 90.7 cm³/mol. The smallest absolute Gasteiger partial charge is 0.203 e. The third kappa shape index (κ3) is 3.37. The average molecular weight is 324 g/mol. The van der Waals surface area contributed by atoms with Gasteiger partial charge in [-0.1, -0.05) is 30.3 Å². The third-order valence-electron chi connectivity index (χ3n) is 4.18. The van der Waals surface area contributed by atoms with E-state index in [-0.39, 0.29) is 6.10 Å². The molecular formula is C17H20N6O. The fourth-order valence-electron chi connectivity index (χ4n) is 2.98. The van der Waals surface area contributed by atoms with E-state index in [0.29, 0.717) is 6.54 Å². The molecule has 0 bridgehead atoms. The van der Waals surface area contributed by atoms with Crippen molar-refractivity contribution in [3.05, 3.63) is 54.6 Å². The molecular weight excluding hydrogens is 304 g/mol. The molecule has 0 saturated carbocycles. The van der Waals surface area contributed by atoms with Gasteiger partial charge in [-0.25, -0.2) is 4.98 Å². The first kappa shape index (κ1) is 15.0. The second-order valence-corrected chi connectivity index (χ2v) is 5.93. The summed E-state index contributed by atoms with van der Waals surface area (Å²) in [5, 5.41) is 11.3. The molecule has 3 aromatic rings. The maximum Gasteiger partial charge on any atom is 0.203 e. The molecule has 0 radical (unpaired) electrons. The maximum absolute atomic E-state index is 5.89. The summed E-state index contributed by atoms with van der Waals surface area (Å²) in [7, 11) is 0. The minimum Gasteiger partial charge on any atom is -0.374 e. The van der Waals surface area contributed by atoms with E-state index in [1.165, 1.54) is 5.56 Å². The van der Waals surface area contributed by atoms with Gasteiger partial charge in [0.05, 0.1) is 12.7 Å². The van der Waals surface area contributed by atoms with Crippen LogP contribution in [0.15, 0.2) is 49.1 Å². The number of anilines is 1. The predicted octanol–water partition coefficient (Wildman–Crippen LogP) is 1.44. The van der Waals surface area contributed by atoms with Crippen molar-refractivity contribution in [2.75, 3.05) is 31.6 Å². The van der Waals surface area contributed by atoms with Crippen molar-refractivity contribution in [2.45, 2.75) is 12.6 Å². The number of hydrogen-bond donors (Lipinski definition) is 1. The van der Waals surface area contributed by atoms with Crippen LogP contribution in [0.1, 0.15) is 5.56 Å². The first-order valence-corrected chi connectivity index (χ1v) is 8.14. The van der Waals surface area contributed by atoms with E-state index in [2.05, 4.69) is 49.7 Å². The molecule has 1 fully saturated rings. The minimum absolute atomic E-state index is 0.132. The SMILES string of the molecule is c1ccc(CN2CCOC(CNc3nccn4cnnc34)C2)cc1. The summed E-state index contributed by atoms with van der Waals surface area (Å²) >= 11 is 0. The van der Waals surface area contributed by atoms with Crippen LogP contribution in [-0.2, 0) is 11.3 Å². The van der Waals surface area contributed by atoms with E-state index >= 15 is 0 Å². The van der Waals surface area contributed by atoms with Gasteiger partial charge in [0.15, 0.2) is 5.82 Å². The van der Waals surface area contributed by atoms with Crippen LogP contribution in [0.2, 0.25) is 0 Å². The van der Waals surface area contributed by atoms with Gasteiger partial charge in [0.25, 0.3) is 0 Å². The Balaban J connectivity index is 1.36. The van der Waals surface area contributed by atoms with E-state index in [1.807, 2.05) is 16.7 Å². The first-order chi connectivity index (χ1) is 11.9. The van der Waals surface area contributed by atoms with Crippen molar-refractivity contribution >= 4 is 11.5 Å². The summed E-state index contributed by atoms with van der Waals surface area (Å²) in [6, 6.07) is 10.5. The van der Waals surface area contributed by atoms with Gasteiger partial charge >= 0.3 is 0 Å². The molecule has 7 heteroatoms. The van der Waals surface area contributed by atoms with Crippen LogP contribution in [0.5, 0.6) is 0 Å². The Morgan fingerprint density at radius 1 is 1.25 bits per heavy atom. The number of ether oxygens (including phenoxy) is 1. The molecule has 0 aliphatic carbocycles. The Bertz CT molecular complexity index is 790. The number of fused-ring (bicyclic) bond motifs is 1. The lowest BCUT2D eigenvalue weighted by Gasteiger charge is -2.33. The summed E-state index contributed by atoms with van der Waals surface area (Å²) in [6.07, 6.45) is 5.37. The molecule has 7 nitrogen and oxygen atoms in total. The van der Waals surface area contributed by atoms with Gasteiger partial charge in [-0.15, -0.1) is 10.2 Å². The van der Waals surface area contributed by atoms with Gasteiger partial charge < -0.3 is 10.1 Å². The second kappa shape index (κ2) is 6.94. The molecule has 2 aromatic heterocycles. The monoisotopic (exact) mass is 324 g/mol. The highest BCUT2D eigenvalue weighted by Gasteiger charge is 2.20. The normalized spacial score (nSPS) is 18.8. The lowest BCUT2D eigenvalue weighted by Crippen LogP contribution is -2.44. The second-order valence-electron chi connectivity index (χ2n) is 5.93. The number of rotatable bonds is 5. The van der Waals surface area contributed by atoms with E-state index in [4.69, 9.17) is 4.74 Å². The van der Waals surface area contributed by atoms with E-state index in [0.717, 1.165) is 37.7 Å². The zero-order chi connectivity index (χ0) is 16.2. The molecule has 124 valence electrons. The molecule has 3 heterocycles. The zero-order valence-corrected chi connectivity index (χ0v) is 13.4. The van der Waals surface area contributed by atoms with Gasteiger partial charge in [0.2, 0.25) is 5.65 Å². The molecule has 1 saturated heterocycles. The molecule has 1 aliphatic heterocycles. The molecule has 4 rings (SSSR count). The summed E-state index contributed by atoms with van der Waals surface area (Å²) in [5.41, 5.74) is 2.07. The number of nitrogens with zero attached hydrogens (tertiary/aromatic N) is 5. The quantitative estimate of drug-likeness (QED) is 0.766. The van der Waals surface area contributed by atoms with Crippen molar-refractivity contribution in [1.82, 2.24) is 24.5 Å². The van der Waals surface area contributed by atoms with E-state index in [1.54, 1.807) is 12.5 Å².